The van der Waals surface area contributed by atoms with Crippen molar-refractivity contribution in [2.75, 3.05) is 26.2 Å². The number of benzene rings is 1. The molecule has 1 aromatic heterocycles. The predicted molar refractivity (Wildman–Crippen MR) is 253 cm³/mol. The second-order valence-electron chi connectivity index (χ2n) is 17.1. The summed E-state index contributed by atoms with van der Waals surface area (Å²) in [6.07, 6.45) is 4.15. The molecule has 2 rings (SSSR count). The van der Waals surface area contributed by atoms with E-state index in [9.17, 15) is 53.7 Å². The molecule has 0 unspecified atom stereocenters. The molecule has 8 atom stereocenters. The van der Waals surface area contributed by atoms with Gasteiger partial charge in [-0.1, -0.05) is 46.2 Å². The van der Waals surface area contributed by atoms with Crippen molar-refractivity contribution >= 4 is 53.3 Å². The van der Waals surface area contributed by atoms with Crippen molar-refractivity contribution in [3.05, 3.63) is 48.0 Å². The summed E-state index contributed by atoms with van der Waals surface area (Å²) < 4.78 is 0. The number of aromatic nitrogens is 2. The Morgan fingerprint density at radius 2 is 1.29 bits per heavy atom. The molecule has 25 heteroatoms. The third-order valence-corrected chi connectivity index (χ3v) is 10.9. The topological polar surface area (TPSA) is 427 Å². The zero-order chi connectivity index (χ0) is 51.6. The molecular formula is C44H72N14O11. The molecule has 19 N–H and O–H groups in total. The van der Waals surface area contributed by atoms with Gasteiger partial charge in [-0.2, -0.15) is 0 Å². The van der Waals surface area contributed by atoms with E-state index in [0.717, 1.165) is 0 Å². The molecule has 1 aromatic carbocycles. The number of aromatic hydroxyl groups is 1. The van der Waals surface area contributed by atoms with E-state index in [0.29, 0.717) is 37.1 Å². The van der Waals surface area contributed by atoms with Gasteiger partial charge in [0.1, 0.15) is 42.0 Å². The molecule has 0 bridgehead atoms. The van der Waals surface area contributed by atoms with Gasteiger partial charge in [0, 0.05) is 31.3 Å². The van der Waals surface area contributed by atoms with E-state index in [2.05, 4.69) is 52.2 Å². The van der Waals surface area contributed by atoms with Gasteiger partial charge in [-0.15, -0.1) is 0 Å². The number of nitrogens with two attached hydrogens (primary N) is 4. The van der Waals surface area contributed by atoms with Crippen LogP contribution in [0.15, 0.2) is 41.8 Å². The fourth-order valence-electron chi connectivity index (χ4n) is 6.73. The number of rotatable bonds is 32. The van der Waals surface area contributed by atoms with E-state index in [1.54, 1.807) is 0 Å². The van der Waals surface area contributed by atoms with Crippen molar-refractivity contribution < 1.29 is 53.7 Å². The van der Waals surface area contributed by atoms with Crippen LogP contribution in [-0.2, 0) is 51.2 Å². The largest absolute Gasteiger partial charge is 0.508 e. The molecule has 0 aliphatic heterocycles. The van der Waals surface area contributed by atoms with Gasteiger partial charge in [0.15, 0.2) is 5.96 Å². The highest BCUT2D eigenvalue weighted by Crippen LogP contribution is 2.13. The number of aliphatic hydroxyl groups excluding tert-OH is 1. The number of H-pyrrole nitrogens is 1. The van der Waals surface area contributed by atoms with Crippen molar-refractivity contribution in [1.29, 1.82) is 0 Å². The van der Waals surface area contributed by atoms with Crippen LogP contribution in [0, 0.1) is 11.8 Å². The zero-order valence-electron chi connectivity index (χ0n) is 39.7. The molecular weight excluding hydrogens is 901 g/mol. The Kier molecular flexibility index (Phi) is 25.8. The molecule has 7 amide bonds. The Morgan fingerprint density at radius 3 is 1.86 bits per heavy atom. The van der Waals surface area contributed by atoms with E-state index in [1.807, 2.05) is 27.7 Å². The van der Waals surface area contributed by atoms with Crippen LogP contribution < -0.4 is 60.2 Å². The first-order valence-electron chi connectivity index (χ1n) is 22.9. The summed E-state index contributed by atoms with van der Waals surface area (Å²) in [5.41, 5.74) is 23.4. The van der Waals surface area contributed by atoms with Gasteiger partial charge in [0.2, 0.25) is 41.4 Å². The molecule has 0 spiro atoms. The lowest BCUT2D eigenvalue weighted by Crippen LogP contribution is -2.60. The number of hydrogen-bond acceptors (Lipinski definition) is 14. The van der Waals surface area contributed by atoms with Gasteiger partial charge >= 0.3 is 5.97 Å². The fourth-order valence-corrected chi connectivity index (χ4v) is 6.73. The molecule has 0 saturated heterocycles. The highest BCUT2D eigenvalue weighted by atomic mass is 16.4. The molecule has 1 heterocycles. The first-order valence-corrected chi connectivity index (χ1v) is 22.9. The summed E-state index contributed by atoms with van der Waals surface area (Å²) in [7, 11) is 0. The number of aliphatic carboxylic acids is 1. The highest BCUT2D eigenvalue weighted by molar-refractivity contribution is 5.97. The highest BCUT2D eigenvalue weighted by Gasteiger charge is 2.33. The van der Waals surface area contributed by atoms with E-state index in [1.165, 1.54) is 36.8 Å². The summed E-state index contributed by atoms with van der Waals surface area (Å²) in [6.45, 7) is 6.11. The number of phenols is 1. The number of carbonyl (C=O) groups excluding carboxylic acids is 7. The Bertz CT molecular complexity index is 2000. The Morgan fingerprint density at radius 1 is 0.725 bits per heavy atom. The molecule has 0 saturated carbocycles. The van der Waals surface area contributed by atoms with Crippen LogP contribution in [0.3, 0.4) is 0 Å². The molecule has 2 aromatic rings. The van der Waals surface area contributed by atoms with Crippen LogP contribution >= 0.6 is 0 Å². The van der Waals surface area contributed by atoms with Gasteiger partial charge < -0.3 is 80.5 Å². The lowest BCUT2D eigenvalue weighted by molar-refractivity contribution is -0.142. The number of aromatic amines is 1. The number of imidazole rings is 1. The van der Waals surface area contributed by atoms with E-state index < -0.39 is 103 Å². The number of guanidine groups is 1. The number of carboxylic acids is 1. The van der Waals surface area contributed by atoms with Crippen molar-refractivity contribution in [3.63, 3.8) is 0 Å². The lowest BCUT2D eigenvalue weighted by atomic mass is 9.97. The Balaban J connectivity index is 2.33. The fraction of sp³-hybridized carbons (Fsp3) is 0.591. The number of nitrogens with one attached hydrogen (secondary N) is 8. The molecule has 384 valence electrons. The predicted octanol–water partition coefficient (Wildman–Crippen LogP) is -3.40. The van der Waals surface area contributed by atoms with Crippen LogP contribution in [0.2, 0.25) is 0 Å². The number of phenolic OH excluding ortho intramolecular Hbond substituents is 1. The smallest absolute Gasteiger partial charge is 0.326 e. The number of carboxylic acid groups (broad SMARTS) is 1. The van der Waals surface area contributed by atoms with Gasteiger partial charge in [-0.05, 0) is 74.6 Å². The number of aliphatic hydroxyl groups is 1. The minimum Gasteiger partial charge on any atom is -0.508 e. The van der Waals surface area contributed by atoms with Crippen molar-refractivity contribution in [2.45, 2.75) is 128 Å². The Labute approximate surface area is 400 Å². The first-order chi connectivity index (χ1) is 32.7. The summed E-state index contributed by atoms with van der Waals surface area (Å²) >= 11 is 0. The summed E-state index contributed by atoms with van der Waals surface area (Å²) in [5, 5.41) is 47.5. The average Bonchev–Trinajstić information content (AvgIpc) is 3.82. The van der Waals surface area contributed by atoms with Crippen molar-refractivity contribution in [2.24, 2.45) is 39.8 Å². The van der Waals surface area contributed by atoms with E-state index in [4.69, 9.17) is 22.9 Å². The summed E-state index contributed by atoms with van der Waals surface area (Å²) in [5.74, 6) is -7.61. The molecule has 69 heavy (non-hydrogen) atoms. The lowest BCUT2D eigenvalue weighted by Gasteiger charge is -2.26. The molecule has 25 nitrogen and oxygen atoms in total. The second kappa shape index (κ2) is 30.5. The molecule has 0 aliphatic rings. The maximum atomic E-state index is 14.0. The first kappa shape index (κ1) is 58.3. The SMILES string of the molecule is CC[C@H](C)[C@@H](N)C(=O)N[C@H](CC(C)C)C(=O)NCC(=O)N[C@H](Cc1cnc[nH]1)C(=O)N[C@H](CCCN=C(N)N)C(=O)N[C@H](CO)C(=O)N[C@H](Cc1ccc(O)cc1)C(=O)N[C@H](CCCCN)C(=O)O. The van der Waals surface area contributed by atoms with Crippen LogP contribution in [0.25, 0.3) is 0 Å². The van der Waals surface area contributed by atoms with Crippen LogP contribution in [0.5, 0.6) is 5.75 Å². The van der Waals surface area contributed by atoms with Gasteiger partial charge in [0.25, 0.3) is 0 Å². The monoisotopic (exact) mass is 973 g/mol. The summed E-state index contributed by atoms with van der Waals surface area (Å²) in [6, 6.07) is -3.55. The number of hydrogen-bond donors (Lipinski definition) is 15. The summed E-state index contributed by atoms with van der Waals surface area (Å²) in [4.78, 5) is 118. The third-order valence-electron chi connectivity index (χ3n) is 10.9. The maximum Gasteiger partial charge on any atom is 0.326 e. The quantitative estimate of drug-likeness (QED) is 0.0193. The minimum atomic E-state index is -1.72. The van der Waals surface area contributed by atoms with Crippen LogP contribution in [0.4, 0.5) is 0 Å². The van der Waals surface area contributed by atoms with Crippen LogP contribution in [0.1, 0.15) is 83.9 Å². The number of aliphatic imine (C=N–C) groups is 1. The zero-order valence-corrected chi connectivity index (χ0v) is 39.7. The number of unbranched alkanes of at least 4 members (excludes halogenated alkanes) is 1. The standard InChI is InChI=1S/C44H72N14O11/c1-5-25(4)36(46)42(67)57-31(17-24(2)3)37(62)51-21-35(61)53-33(19-27-20-49-23-52-27)40(65)54-29(10-8-16-50-44(47)48)38(63)58-34(22-59)41(66)56-32(18-26-11-13-28(60)14-12-26)39(64)55-30(43(68)69)9-6-7-15-45/h11-14,20,23-25,29-34,36,59-60H,5-10,15-19,21-22,45-46H2,1-4H3,(H,49,52)(H,51,62)(H,53,61)(H,54,65)(H,55,64)(H,56,66)(H,57,67)(H,58,63)(H,68,69)(H4,47,48,50)/t25-,29+,30+,31+,32+,33+,34+,36+/m0/s1. The van der Waals surface area contributed by atoms with Gasteiger partial charge in [-0.25, -0.2) is 9.78 Å². The Hall–Kier alpha value is -6.86. The molecule has 0 fully saturated rings. The molecule has 0 radical (unpaired) electrons. The minimum absolute atomic E-state index is 0.0132. The van der Waals surface area contributed by atoms with Crippen molar-refractivity contribution in [3.8, 4) is 5.75 Å². The molecule has 0 aliphatic carbocycles. The van der Waals surface area contributed by atoms with Gasteiger partial charge in [-0.3, -0.25) is 38.6 Å². The van der Waals surface area contributed by atoms with Crippen LogP contribution in [-0.4, -0.2) is 147 Å². The third kappa shape index (κ3) is 21.8. The van der Waals surface area contributed by atoms with Gasteiger partial charge in [0.05, 0.1) is 25.5 Å². The second-order valence-corrected chi connectivity index (χ2v) is 17.1. The maximum absolute atomic E-state index is 14.0. The van der Waals surface area contributed by atoms with E-state index in [-0.39, 0.29) is 68.6 Å². The average molecular weight is 973 g/mol. The van der Waals surface area contributed by atoms with E-state index >= 15 is 0 Å². The number of carbonyl (C=O) groups is 8. The normalized spacial score (nSPS) is 14.6. The number of nitrogens with zero attached hydrogens (tertiary/aromatic N) is 2. The number of amides is 7. The van der Waals surface area contributed by atoms with Crippen molar-refractivity contribution in [1.82, 2.24) is 47.2 Å².